The largest absolute Gasteiger partial charge is 0.314 e. The molecule has 6 heteroatoms. The second kappa shape index (κ2) is 6.08. The molecule has 0 saturated heterocycles. The predicted octanol–water partition coefficient (Wildman–Crippen LogP) is 1.23. The molecule has 0 aliphatic heterocycles. The highest BCUT2D eigenvalue weighted by Gasteiger charge is 2.34. The number of nitrogens with one attached hydrogen (secondary N) is 2. The minimum absolute atomic E-state index is 0.237. The summed E-state index contributed by atoms with van der Waals surface area (Å²) in [6.45, 7) is 3.49. The molecule has 0 bridgehead atoms. The van der Waals surface area contributed by atoms with E-state index in [0.29, 0.717) is 12.6 Å². The van der Waals surface area contributed by atoms with E-state index in [-0.39, 0.29) is 5.54 Å². The maximum Gasteiger partial charge on any atom is 0.279 e. The molecule has 19 heavy (non-hydrogen) atoms. The van der Waals surface area contributed by atoms with Gasteiger partial charge in [0.25, 0.3) is 10.2 Å². The van der Waals surface area contributed by atoms with Crippen molar-refractivity contribution < 1.29 is 8.42 Å². The van der Waals surface area contributed by atoms with Crippen LogP contribution >= 0.6 is 0 Å². The molecular formula is C13H27N3O2S. The summed E-state index contributed by atoms with van der Waals surface area (Å²) >= 11 is 0. The summed E-state index contributed by atoms with van der Waals surface area (Å²) < 4.78 is 28.8. The highest BCUT2D eigenvalue weighted by atomic mass is 32.2. The predicted molar refractivity (Wildman–Crippen MR) is 77.2 cm³/mol. The Labute approximate surface area is 117 Å². The molecule has 2 fully saturated rings. The third kappa shape index (κ3) is 4.70. The highest BCUT2D eigenvalue weighted by molar-refractivity contribution is 7.87. The van der Waals surface area contributed by atoms with Gasteiger partial charge in [-0.25, -0.2) is 0 Å². The SMILES string of the molecule is CN(CCCNC1CC1)S(=O)(=O)NC1(C)CCCC1. The van der Waals surface area contributed by atoms with E-state index in [1.165, 1.54) is 17.1 Å². The second-order valence-corrected chi connectivity index (χ2v) is 8.06. The molecule has 0 aromatic carbocycles. The average molecular weight is 289 g/mol. The third-order valence-electron chi connectivity index (χ3n) is 4.15. The molecule has 0 aromatic heterocycles. The topological polar surface area (TPSA) is 61.4 Å². The van der Waals surface area contributed by atoms with Crippen molar-refractivity contribution in [2.24, 2.45) is 0 Å². The Hall–Kier alpha value is -0.170. The summed E-state index contributed by atoms with van der Waals surface area (Å²) in [5, 5.41) is 3.40. The fraction of sp³-hybridized carbons (Fsp3) is 1.00. The molecule has 0 heterocycles. The Bertz CT molecular complexity index is 387. The summed E-state index contributed by atoms with van der Waals surface area (Å²) in [4.78, 5) is 0. The van der Waals surface area contributed by atoms with Gasteiger partial charge in [-0.05, 0) is 45.6 Å². The lowest BCUT2D eigenvalue weighted by atomic mass is 10.0. The van der Waals surface area contributed by atoms with E-state index in [1.807, 2.05) is 6.92 Å². The standard InChI is InChI=1S/C13H27N3O2S/c1-13(8-3-4-9-13)15-19(17,18)16(2)11-5-10-14-12-6-7-12/h12,14-15H,3-11H2,1-2H3. The summed E-state index contributed by atoms with van der Waals surface area (Å²) in [6, 6.07) is 0.692. The summed E-state index contributed by atoms with van der Waals surface area (Å²) in [7, 11) is -1.67. The minimum atomic E-state index is -3.33. The molecule has 2 aliphatic rings. The lowest BCUT2D eigenvalue weighted by Gasteiger charge is -2.28. The first-order chi connectivity index (χ1) is 8.91. The molecule has 5 nitrogen and oxygen atoms in total. The van der Waals surface area contributed by atoms with Crippen LogP contribution in [0, 0.1) is 0 Å². The van der Waals surface area contributed by atoms with E-state index < -0.39 is 10.2 Å². The molecule has 0 spiro atoms. The van der Waals surface area contributed by atoms with Gasteiger partial charge in [0.15, 0.2) is 0 Å². The van der Waals surface area contributed by atoms with Gasteiger partial charge in [-0.1, -0.05) is 12.8 Å². The van der Waals surface area contributed by atoms with Gasteiger partial charge >= 0.3 is 0 Å². The van der Waals surface area contributed by atoms with Crippen LogP contribution in [0.2, 0.25) is 0 Å². The fourth-order valence-electron chi connectivity index (χ4n) is 2.66. The molecule has 2 rings (SSSR count). The molecule has 112 valence electrons. The van der Waals surface area contributed by atoms with Crippen molar-refractivity contribution in [1.82, 2.24) is 14.3 Å². The summed E-state index contributed by atoms with van der Waals surface area (Å²) in [5.74, 6) is 0. The van der Waals surface area contributed by atoms with Crippen molar-refractivity contribution in [3.63, 3.8) is 0 Å². The highest BCUT2D eigenvalue weighted by Crippen LogP contribution is 2.29. The molecule has 0 amide bonds. The second-order valence-electron chi connectivity index (χ2n) is 6.28. The van der Waals surface area contributed by atoms with Crippen LogP contribution in [0.4, 0.5) is 0 Å². The third-order valence-corrected chi connectivity index (χ3v) is 5.91. The van der Waals surface area contributed by atoms with Crippen LogP contribution in [0.3, 0.4) is 0 Å². The number of hydrogen-bond acceptors (Lipinski definition) is 3. The Morgan fingerprint density at radius 2 is 1.89 bits per heavy atom. The van der Waals surface area contributed by atoms with Gasteiger partial charge in [0.05, 0.1) is 0 Å². The van der Waals surface area contributed by atoms with Crippen LogP contribution in [0.25, 0.3) is 0 Å². The molecule has 2 aliphatic carbocycles. The van der Waals surface area contributed by atoms with Crippen molar-refractivity contribution in [1.29, 1.82) is 0 Å². The van der Waals surface area contributed by atoms with Gasteiger partial charge in [-0.2, -0.15) is 17.4 Å². The summed E-state index contributed by atoms with van der Waals surface area (Å²) in [5.41, 5.74) is -0.237. The van der Waals surface area contributed by atoms with E-state index in [0.717, 1.165) is 38.6 Å². The van der Waals surface area contributed by atoms with Crippen LogP contribution < -0.4 is 10.0 Å². The quantitative estimate of drug-likeness (QED) is 0.661. The van der Waals surface area contributed by atoms with Gasteiger partial charge in [0, 0.05) is 25.2 Å². The Kier molecular flexibility index (Phi) is 4.87. The maximum atomic E-state index is 12.2. The Balaban J connectivity index is 1.73. The van der Waals surface area contributed by atoms with E-state index in [4.69, 9.17) is 0 Å². The van der Waals surface area contributed by atoms with Gasteiger partial charge in [0.1, 0.15) is 0 Å². The monoisotopic (exact) mass is 289 g/mol. The number of hydrogen-bond donors (Lipinski definition) is 2. The fourth-order valence-corrected chi connectivity index (χ4v) is 4.01. The van der Waals surface area contributed by atoms with E-state index in [2.05, 4.69) is 10.0 Å². The van der Waals surface area contributed by atoms with Crippen molar-refractivity contribution in [3.05, 3.63) is 0 Å². The first-order valence-electron chi connectivity index (χ1n) is 7.40. The first kappa shape index (κ1) is 15.2. The van der Waals surface area contributed by atoms with E-state index in [9.17, 15) is 8.42 Å². The van der Waals surface area contributed by atoms with Crippen LogP contribution in [0.5, 0.6) is 0 Å². The van der Waals surface area contributed by atoms with Gasteiger partial charge in [-0.15, -0.1) is 0 Å². The molecule has 2 N–H and O–H groups in total. The van der Waals surface area contributed by atoms with Crippen LogP contribution in [0.15, 0.2) is 0 Å². The lowest BCUT2D eigenvalue weighted by molar-refractivity contribution is 0.388. The van der Waals surface area contributed by atoms with Crippen molar-refractivity contribution in [2.45, 2.75) is 63.5 Å². The van der Waals surface area contributed by atoms with Gasteiger partial charge in [-0.3, -0.25) is 0 Å². The number of nitrogens with zero attached hydrogens (tertiary/aromatic N) is 1. The molecule has 0 atom stereocenters. The van der Waals surface area contributed by atoms with Crippen LogP contribution in [-0.4, -0.2) is 44.4 Å². The normalized spacial score (nSPS) is 23.1. The van der Waals surface area contributed by atoms with Crippen molar-refractivity contribution in [2.75, 3.05) is 20.1 Å². The first-order valence-corrected chi connectivity index (χ1v) is 8.84. The van der Waals surface area contributed by atoms with Gasteiger partial charge in [0.2, 0.25) is 0 Å². The van der Waals surface area contributed by atoms with Crippen LogP contribution in [0.1, 0.15) is 51.9 Å². The molecule has 2 saturated carbocycles. The molecule has 0 radical (unpaired) electrons. The molecule has 0 aromatic rings. The van der Waals surface area contributed by atoms with Crippen LogP contribution in [-0.2, 0) is 10.2 Å². The zero-order chi connectivity index (χ0) is 13.9. The van der Waals surface area contributed by atoms with Crippen molar-refractivity contribution >= 4 is 10.2 Å². The zero-order valence-corrected chi connectivity index (χ0v) is 12.9. The maximum absolute atomic E-state index is 12.2. The minimum Gasteiger partial charge on any atom is -0.314 e. The molecule has 0 unspecified atom stereocenters. The Morgan fingerprint density at radius 3 is 2.47 bits per heavy atom. The Morgan fingerprint density at radius 1 is 1.26 bits per heavy atom. The smallest absolute Gasteiger partial charge is 0.279 e. The van der Waals surface area contributed by atoms with Gasteiger partial charge < -0.3 is 5.32 Å². The zero-order valence-electron chi connectivity index (χ0n) is 12.1. The molecular weight excluding hydrogens is 262 g/mol. The van der Waals surface area contributed by atoms with E-state index in [1.54, 1.807) is 7.05 Å². The average Bonchev–Trinajstić information content (AvgIpc) is 3.06. The van der Waals surface area contributed by atoms with E-state index >= 15 is 0 Å². The van der Waals surface area contributed by atoms with Crippen molar-refractivity contribution in [3.8, 4) is 0 Å². The summed E-state index contributed by atoms with van der Waals surface area (Å²) in [6.07, 6.45) is 7.54. The lowest BCUT2D eigenvalue weighted by Crippen LogP contribution is -2.49. The number of rotatable bonds is 8.